The Balaban J connectivity index is 2.03. The third kappa shape index (κ3) is 1.82. The number of aliphatic carboxylic acids is 1. The van der Waals surface area contributed by atoms with Crippen LogP contribution in [0.2, 0.25) is 0 Å². The van der Waals surface area contributed by atoms with Crippen LogP contribution in [-0.4, -0.2) is 32.3 Å². The first-order valence-corrected chi connectivity index (χ1v) is 6.88. The first kappa shape index (κ1) is 13.6. The second-order valence-corrected chi connectivity index (χ2v) is 5.52. The van der Waals surface area contributed by atoms with Crippen LogP contribution in [-0.2, 0) is 19.9 Å². The third-order valence-corrected chi connectivity index (χ3v) is 4.36. The van der Waals surface area contributed by atoms with Crippen LogP contribution < -0.4 is 0 Å². The Morgan fingerprint density at radius 1 is 1.29 bits per heavy atom. The number of nitrogens with zero attached hydrogens (tertiary/aromatic N) is 1. The molecule has 110 valence electrons. The fourth-order valence-corrected chi connectivity index (χ4v) is 3.11. The van der Waals surface area contributed by atoms with Gasteiger partial charge in [0.2, 0.25) is 0 Å². The van der Waals surface area contributed by atoms with Crippen LogP contribution in [0.3, 0.4) is 0 Å². The van der Waals surface area contributed by atoms with E-state index in [1.165, 1.54) is 0 Å². The summed E-state index contributed by atoms with van der Waals surface area (Å²) in [7, 11) is 0. The lowest BCUT2D eigenvalue weighted by molar-refractivity contribution is -0.139. The largest absolute Gasteiger partial charge is 0.505 e. The van der Waals surface area contributed by atoms with E-state index in [1.54, 1.807) is 22.9 Å². The van der Waals surface area contributed by atoms with Crippen molar-refractivity contribution in [2.75, 3.05) is 0 Å². The fourth-order valence-electron chi connectivity index (χ4n) is 3.11. The highest BCUT2D eigenvalue weighted by Crippen LogP contribution is 2.47. The number of aliphatic hydroxyl groups excluding tert-OH is 1. The average molecular weight is 289 g/mol. The molecule has 2 heterocycles. The van der Waals surface area contributed by atoms with Crippen LogP contribution in [0.4, 0.5) is 0 Å². The molecule has 6 nitrogen and oxygen atoms in total. The molecule has 0 unspecified atom stereocenters. The van der Waals surface area contributed by atoms with E-state index in [1.807, 2.05) is 0 Å². The molecule has 21 heavy (non-hydrogen) atoms. The zero-order valence-corrected chi connectivity index (χ0v) is 11.3. The topological polar surface area (TPSA) is 96.6 Å². The molecule has 0 saturated heterocycles. The molecule has 0 aromatic carbocycles. The second-order valence-electron chi connectivity index (χ2n) is 5.52. The number of allylic oxidation sites excluding steroid dienone is 1. The monoisotopic (exact) mass is 289 g/mol. The van der Waals surface area contributed by atoms with Crippen molar-refractivity contribution in [1.82, 2.24) is 4.57 Å². The molecule has 1 aromatic heterocycles. The van der Waals surface area contributed by atoms with Crippen LogP contribution in [0.15, 0.2) is 23.9 Å². The molecular formula is C15H15NO5. The van der Waals surface area contributed by atoms with Crippen LogP contribution in [0.1, 0.15) is 37.8 Å². The predicted molar refractivity (Wildman–Crippen MR) is 72.7 cm³/mol. The van der Waals surface area contributed by atoms with Crippen molar-refractivity contribution in [3.8, 4) is 0 Å². The summed E-state index contributed by atoms with van der Waals surface area (Å²) in [5.41, 5.74) is -0.547. The van der Waals surface area contributed by atoms with Gasteiger partial charge in [-0.05, 0) is 31.4 Å². The summed E-state index contributed by atoms with van der Waals surface area (Å²) in [6, 6.07) is 3.38. The van der Waals surface area contributed by atoms with Gasteiger partial charge < -0.3 is 14.8 Å². The Kier molecular flexibility index (Phi) is 2.97. The number of carboxylic acids is 1. The molecule has 1 aliphatic carbocycles. The number of carbonyl (C=O) groups excluding carboxylic acids is 2. The van der Waals surface area contributed by atoms with Gasteiger partial charge in [-0.15, -0.1) is 0 Å². The molecule has 2 aliphatic rings. The number of aliphatic hydroxyl groups is 1. The number of aromatic nitrogens is 1. The summed E-state index contributed by atoms with van der Waals surface area (Å²) in [4.78, 5) is 35.4. The minimum Gasteiger partial charge on any atom is -0.505 e. The Morgan fingerprint density at radius 3 is 2.57 bits per heavy atom. The molecule has 1 aliphatic heterocycles. The molecule has 1 spiro atoms. The number of fused-ring (bicyclic) bond motifs is 2. The molecule has 2 N–H and O–H groups in total. The predicted octanol–water partition coefficient (Wildman–Crippen LogP) is 1.65. The van der Waals surface area contributed by atoms with E-state index in [9.17, 15) is 19.5 Å². The highest BCUT2D eigenvalue weighted by molar-refractivity contribution is 6.27. The standard InChI is InChI=1S/C15H15NO5/c17-10(4-5-11(18)19)12-13(20)9-3-1-8-16(9)15(14(12)21)6-2-7-15/h1,3,8,20H,2,4-7H2,(H,18,19). The Hall–Kier alpha value is -2.37. The van der Waals surface area contributed by atoms with E-state index in [4.69, 9.17) is 5.11 Å². The fraction of sp³-hybridized carbons (Fsp3) is 0.400. The number of rotatable bonds is 4. The number of Topliss-reactive ketones (excluding diaryl/α,β-unsaturated/α-hetero) is 2. The van der Waals surface area contributed by atoms with Crippen molar-refractivity contribution < 1.29 is 24.6 Å². The lowest BCUT2D eigenvalue weighted by Gasteiger charge is -2.45. The number of carbonyl (C=O) groups is 3. The molecular weight excluding hydrogens is 274 g/mol. The maximum atomic E-state index is 12.7. The van der Waals surface area contributed by atoms with Gasteiger partial charge in [0.05, 0.1) is 12.1 Å². The molecule has 0 radical (unpaired) electrons. The van der Waals surface area contributed by atoms with Crippen LogP contribution in [0, 0.1) is 0 Å². The summed E-state index contributed by atoms with van der Waals surface area (Å²) in [6.07, 6.45) is 3.27. The molecule has 1 aromatic rings. The summed E-state index contributed by atoms with van der Waals surface area (Å²) in [5, 5.41) is 18.9. The third-order valence-electron chi connectivity index (χ3n) is 4.36. The first-order valence-electron chi connectivity index (χ1n) is 6.88. The Morgan fingerprint density at radius 2 is 2.00 bits per heavy atom. The van der Waals surface area contributed by atoms with Gasteiger partial charge in [-0.3, -0.25) is 14.4 Å². The van der Waals surface area contributed by atoms with E-state index in [2.05, 4.69) is 0 Å². The highest BCUT2D eigenvalue weighted by Gasteiger charge is 2.52. The molecule has 0 atom stereocenters. The van der Waals surface area contributed by atoms with Crippen LogP contribution in [0.5, 0.6) is 0 Å². The van der Waals surface area contributed by atoms with Crippen molar-refractivity contribution in [2.24, 2.45) is 0 Å². The molecule has 0 bridgehead atoms. The van der Waals surface area contributed by atoms with Crippen LogP contribution >= 0.6 is 0 Å². The van der Waals surface area contributed by atoms with Gasteiger partial charge in [0.1, 0.15) is 11.1 Å². The summed E-state index contributed by atoms with van der Waals surface area (Å²) in [6.45, 7) is 0. The van der Waals surface area contributed by atoms with Crippen molar-refractivity contribution in [1.29, 1.82) is 0 Å². The van der Waals surface area contributed by atoms with E-state index < -0.39 is 17.3 Å². The summed E-state index contributed by atoms with van der Waals surface area (Å²) >= 11 is 0. The Bertz CT molecular complexity index is 678. The molecule has 6 heteroatoms. The second kappa shape index (κ2) is 4.58. The number of ketones is 2. The summed E-state index contributed by atoms with van der Waals surface area (Å²) < 4.78 is 1.74. The SMILES string of the molecule is O=C(O)CCC(=O)C1=C(O)c2cccn2C2(CCC2)C1=O. The first-order chi connectivity index (χ1) is 9.97. The van der Waals surface area contributed by atoms with Crippen molar-refractivity contribution in [2.45, 2.75) is 37.6 Å². The van der Waals surface area contributed by atoms with E-state index in [0.29, 0.717) is 18.5 Å². The van der Waals surface area contributed by atoms with Gasteiger partial charge in [-0.2, -0.15) is 0 Å². The number of carboxylic acid groups (broad SMARTS) is 1. The van der Waals surface area contributed by atoms with Gasteiger partial charge in [0.15, 0.2) is 17.3 Å². The lowest BCUT2D eigenvalue weighted by atomic mass is 9.68. The Labute approximate surface area is 120 Å². The molecule has 1 fully saturated rings. The smallest absolute Gasteiger partial charge is 0.303 e. The minimum absolute atomic E-state index is 0.234. The average Bonchev–Trinajstić information content (AvgIpc) is 2.84. The minimum atomic E-state index is -1.10. The molecule has 1 saturated carbocycles. The van der Waals surface area contributed by atoms with Crippen LogP contribution in [0.25, 0.3) is 5.76 Å². The van der Waals surface area contributed by atoms with Gasteiger partial charge >= 0.3 is 5.97 Å². The zero-order valence-electron chi connectivity index (χ0n) is 11.3. The normalized spacial score (nSPS) is 19.3. The quantitative estimate of drug-likeness (QED) is 0.821. The van der Waals surface area contributed by atoms with Gasteiger partial charge in [-0.25, -0.2) is 0 Å². The van der Waals surface area contributed by atoms with Gasteiger partial charge in [0.25, 0.3) is 0 Å². The maximum absolute atomic E-state index is 12.7. The zero-order chi connectivity index (χ0) is 15.2. The molecule has 0 amide bonds. The van der Waals surface area contributed by atoms with Crippen molar-refractivity contribution >= 4 is 23.3 Å². The highest BCUT2D eigenvalue weighted by atomic mass is 16.4. The van der Waals surface area contributed by atoms with Crippen molar-refractivity contribution in [3.63, 3.8) is 0 Å². The van der Waals surface area contributed by atoms with Crippen molar-refractivity contribution in [3.05, 3.63) is 29.6 Å². The maximum Gasteiger partial charge on any atom is 0.303 e. The van der Waals surface area contributed by atoms with Gasteiger partial charge in [-0.1, -0.05) is 0 Å². The van der Waals surface area contributed by atoms with E-state index >= 15 is 0 Å². The number of hydrogen-bond donors (Lipinski definition) is 2. The number of hydrogen-bond acceptors (Lipinski definition) is 4. The van der Waals surface area contributed by atoms with E-state index in [-0.39, 0.29) is 30.0 Å². The lowest BCUT2D eigenvalue weighted by Crippen LogP contribution is -2.52. The van der Waals surface area contributed by atoms with E-state index in [0.717, 1.165) is 6.42 Å². The van der Waals surface area contributed by atoms with Gasteiger partial charge in [0, 0.05) is 12.6 Å². The molecule has 3 rings (SSSR count). The summed E-state index contributed by atoms with van der Waals surface area (Å²) in [5.74, 6) is -2.42.